The van der Waals surface area contributed by atoms with Gasteiger partial charge < -0.3 is 19.1 Å². The van der Waals surface area contributed by atoms with E-state index in [0.717, 1.165) is 74.1 Å². The van der Waals surface area contributed by atoms with E-state index in [0.29, 0.717) is 23.1 Å². The van der Waals surface area contributed by atoms with Crippen LogP contribution in [0.4, 0.5) is 8.78 Å². The lowest BCUT2D eigenvalue weighted by molar-refractivity contribution is -0.104. The van der Waals surface area contributed by atoms with Crippen molar-refractivity contribution in [2.45, 2.75) is 33.4 Å². The molecule has 1 saturated heterocycles. The number of piperazine rings is 1. The minimum atomic E-state index is -0.938. The van der Waals surface area contributed by atoms with Crippen LogP contribution in [0.25, 0.3) is 5.70 Å². The molecule has 0 bridgehead atoms. The van der Waals surface area contributed by atoms with Crippen molar-refractivity contribution in [1.29, 1.82) is 0 Å². The summed E-state index contributed by atoms with van der Waals surface area (Å²) in [4.78, 5) is 20.7. The van der Waals surface area contributed by atoms with Crippen LogP contribution >= 0.6 is 11.6 Å². The highest BCUT2D eigenvalue weighted by Crippen LogP contribution is 2.36. The minimum Gasteiger partial charge on any atom is -0.493 e. The van der Waals surface area contributed by atoms with E-state index in [9.17, 15) is 13.6 Å². The van der Waals surface area contributed by atoms with Crippen LogP contribution in [-0.4, -0.2) is 53.9 Å². The Hall–Kier alpha value is -5.25. The number of halogens is 3. The molecule has 0 saturated carbocycles. The molecule has 6 rings (SSSR count). The van der Waals surface area contributed by atoms with E-state index in [1.165, 1.54) is 35.0 Å². The van der Waals surface area contributed by atoms with Gasteiger partial charge in [0.15, 0.2) is 17.4 Å². The lowest BCUT2D eigenvalue weighted by atomic mass is 10.1. The molecular formula is C42H40ClF2N3O4. The largest absolute Gasteiger partial charge is 0.493 e. The molecule has 268 valence electrons. The second-order valence-electron chi connectivity index (χ2n) is 12.7. The van der Waals surface area contributed by atoms with E-state index in [-0.39, 0.29) is 18.1 Å². The van der Waals surface area contributed by atoms with Gasteiger partial charge >= 0.3 is 0 Å². The van der Waals surface area contributed by atoms with Crippen LogP contribution in [0.15, 0.2) is 103 Å². The van der Waals surface area contributed by atoms with Gasteiger partial charge in [-0.2, -0.15) is 0 Å². The van der Waals surface area contributed by atoms with Gasteiger partial charge in [0, 0.05) is 62.5 Å². The summed E-state index contributed by atoms with van der Waals surface area (Å²) in [6, 6.07) is 27.8. The Morgan fingerprint density at radius 3 is 2.29 bits per heavy atom. The number of benzene rings is 4. The normalized spacial score (nSPS) is 13.6. The second kappa shape index (κ2) is 17.3. The molecule has 0 radical (unpaired) electrons. The van der Waals surface area contributed by atoms with Gasteiger partial charge in [-0.3, -0.25) is 9.69 Å². The zero-order chi connectivity index (χ0) is 36.5. The number of carbonyl (C=O) groups is 1. The SMILES string of the molecule is Cc1ccc(OCCc2ccc(CN3CCN(/C(=C/C=O)c4cc(C)c(Oc5ccc(OCc6cccc(F)c6F)cn5)c(Cl)c4)CC3)cc2)cc1. The Bertz CT molecular complexity index is 1970. The standard InChI is InChI=1S/C42H40ClF2N3O4/c1-29-6-12-35(13-7-29)50-23-17-31-8-10-32(11-9-31)27-47-18-20-48(21-19-47)39(16-22-49)34-24-30(2)42(37(43)25-34)52-40-15-14-36(26-46-40)51-28-33-4-3-5-38(44)41(33)45/h3-16,22,24-26H,17-21,23,27-28H2,1-2H3/b39-16+. The molecule has 4 aromatic carbocycles. The molecule has 0 atom stereocenters. The van der Waals surface area contributed by atoms with Crippen LogP contribution in [0.1, 0.15) is 33.4 Å². The number of hydrogen-bond acceptors (Lipinski definition) is 7. The van der Waals surface area contributed by atoms with Gasteiger partial charge in [-0.25, -0.2) is 13.8 Å². The highest BCUT2D eigenvalue weighted by molar-refractivity contribution is 6.32. The van der Waals surface area contributed by atoms with E-state index in [4.69, 9.17) is 25.8 Å². The molecule has 7 nitrogen and oxygen atoms in total. The number of aryl methyl sites for hydroxylation is 2. The number of allylic oxidation sites excluding steroid dienone is 1. The van der Waals surface area contributed by atoms with Crippen molar-refractivity contribution in [1.82, 2.24) is 14.8 Å². The molecule has 0 amide bonds. The predicted molar refractivity (Wildman–Crippen MR) is 199 cm³/mol. The lowest BCUT2D eigenvalue weighted by Crippen LogP contribution is -2.45. The van der Waals surface area contributed by atoms with E-state index < -0.39 is 11.6 Å². The van der Waals surface area contributed by atoms with Gasteiger partial charge in [0.2, 0.25) is 5.88 Å². The molecule has 1 aliphatic rings. The molecule has 52 heavy (non-hydrogen) atoms. The number of ether oxygens (including phenoxy) is 3. The van der Waals surface area contributed by atoms with Crippen molar-refractivity contribution in [2.24, 2.45) is 0 Å². The molecule has 0 N–H and O–H groups in total. The van der Waals surface area contributed by atoms with Gasteiger partial charge in [0.1, 0.15) is 24.4 Å². The smallest absolute Gasteiger partial charge is 0.219 e. The van der Waals surface area contributed by atoms with E-state index in [1.54, 1.807) is 24.3 Å². The fourth-order valence-corrected chi connectivity index (χ4v) is 6.34. The highest BCUT2D eigenvalue weighted by Gasteiger charge is 2.22. The molecule has 2 heterocycles. The maximum atomic E-state index is 13.9. The predicted octanol–water partition coefficient (Wildman–Crippen LogP) is 8.98. The molecule has 0 aliphatic carbocycles. The number of aldehydes is 1. The van der Waals surface area contributed by atoms with Crippen molar-refractivity contribution >= 4 is 23.6 Å². The molecule has 5 aromatic rings. The highest BCUT2D eigenvalue weighted by atomic mass is 35.5. The van der Waals surface area contributed by atoms with Crippen LogP contribution < -0.4 is 14.2 Å². The first-order chi connectivity index (χ1) is 25.2. The van der Waals surface area contributed by atoms with Gasteiger partial charge in [-0.05, 0) is 72.5 Å². The van der Waals surface area contributed by atoms with Gasteiger partial charge in [0.05, 0.1) is 17.8 Å². The number of carbonyl (C=O) groups excluding carboxylic acids is 1. The summed E-state index contributed by atoms with van der Waals surface area (Å²) in [7, 11) is 0. The zero-order valence-electron chi connectivity index (χ0n) is 29.2. The fraction of sp³-hybridized carbons (Fsp3) is 0.238. The Morgan fingerprint density at radius 2 is 1.60 bits per heavy atom. The Labute approximate surface area is 308 Å². The summed E-state index contributed by atoms with van der Waals surface area (Å²) in [6.45, 7) is 8.49. The molecule has 0 unspecified atom stereocenters. The van der Waals surface area contributed by atoms with Gasteiger partial charge in [-0.1, -0.05) is 65.7 Å². The maximum Gasteiger partial charge on any atom is 0.219 e. The Balaban J connectivity index is 1.01. The molecule has 0 spiro atoms. The van der Waals surface area contributed by atoms with Crippen LogP contribution in [-0.2, 0) is 24.4 Å². The van der Waals surface area contributed by atoms with Crippen molar-refractivity contribution < 1.29 is 27.8 Å². The third-order valence-electron chi connectivity index (χ3n) is 8.92. The average Bonchev–Trinajstić information content (AvgIpc) is 3.15. The Kier molecular flexibility index (Phi) is 12.2. The van der Waals surface area contributed by atoms with Crippen molar-refractivity contribution in [3.8, 4) is 23.1 Å². The van der Waals surface area contributed by atoms with E-state index in [1.807, 2.05) is 25.1 Å². The van der Waals surface area contributed by atoms with Gasteiger partial charge in [0.25, 0.3) is 0 Å². The van der Waals surface area contributed by atoms with Gasteiger partial charge in [-0.15, -0.1) is 0 Å². The van der Waals surface area contributed by atoms with Crippen LogP contribution in [0.5, 0.6) is 23.1 Å². The summed E-state index contributed by atoms with van der Waals surface area (Å²) < 4.78 is 44.9. The lowest BCUT2D eigenvalue weighted by Gasteiger charge is -2.37. The first-order valence-electron chi connectivity index (χ1n) is 17.2. The zero-order valence-corrected chi connectivity index (χ0v) is 29.9. The summed E-state index contributed by atoms with van der Waals surface area (Å²) in [5, 5.41) is 0.374. The third-order valence-corrected chi connectivity index (χ3v) is 9.20. The molecule has 10 heteroatoms. The number of pyridine rings is 1. The topological polar surface area (TPSA) is 64.1 Å². The second-order valence-corrected chi connectivity index (χ2v) is 13.1. The summed E-state index contributed by atoms with van der Waals surface area (Å²) in [6.07, 6.45) is 4.67. The average molecular weight is 724 g/mol. The molecule has 1 fully saturated rings. The van der Waals surface area contributed by atoms with Crippen molar-refractivity contribution in [3.63, 3.8) is 0 Å². The fourth-order valence-electron chi connectivity index (χ4n) is 6.03. The maximum absolute atomic E-state index is 13.9. The minimum absolute atomic E-state index is 0.103. The number of hydrogen-bond donors (Lipinski definition) is 0. The van der Waals surface area contributed by atoms with Crippen LogP contribution in [0.2, 0.25) is 5.02 Å². The summed E-state index contributed by atoms with van der Waals surface area (Å²) in [5.41, 5.74) is 6.21. The third kappa shape index (κ3) is 9.54. The molecule has 1 aliphatic heterocycles. The van der Waals surface area contributed by atoms with Crippen LogP contribution in [0, 0.1) is 25.5 Å². The molecule has 1 aromatic heterocycles. The van der Waals surface area contributed by atoms with Crippen molar-refractivity contribution in [2.75, 3.05) is 32.8 Å². The van der Waals surface area contributed by atoms with E-state index >= 15 is 0 Å². The first-order valence-corrected chi connectivity index (χ1v) is 17.5. The van der Waals surface area contributed by atoms with Crippen LogP contribution in [0.3, 0.4) is 0 Å². The van der Waals surface area contributed by atoms with Crippen molar-refractivity contribution in [3.05, 3.63) is 153 Å². The monoisotopic (exact) mass is 723 g/mol. The quantitative estimate of drug-likeness (QED) is 0.0838. The number of nitrogens with zero attached hydrogens (tertiary/aromatic N) is 3. The summed E-state index contributed by atoms with van der Waals surface area (Å²) in [5.74, 6) is 0.111. The Morgan fingerprint density at radius 1 is 0.865 bits per heavy atom. The summed E-state index contributed by atoms with van der Waals surface area (Å²) >= 11 is 6.74. The molecular weight excluding hydrogens is 684 g/mol. The van der Waals surface area contributed by atoms with E-state index in [2.05, 4.69) is 58.1 Å². The first kappa shape index (κ1) is 36.5. The number of rotatable bonds is 14. The number of aromatic nitrogens is 1.